The molecule has 1 rings (SSSR count). The number of amides is 1. The van der Waals surface area contributed by atoms with Gasteiger partial charge >= 0.3 is 5.69 Å². The minimum Gasteiger partial charge on any atom is -0.490 e. The zero-order valence-corrected chi connectivity index (χ0v) is 11.6. The van der Waals surface area contributed by atoms with E-state index in [9.17, 15) is 14.9 Å². The van der Waals surface area contributed by atoms with Crippen molar-refractivity contribution in [2.24, 2.45) is 0 Å². The van der Waals surface area contributed by atoms with Crippen molar-refractivity contribution in [3.8, 4) is 5.75 Å². The monoisotopic (exact) mass is 281 g/mol. The molecule has 0 saturated heterocycles. The second kappa shape index (κ2) is 8.11. The van der Waals surface area contributed by atoms with Crippen LogP contribution >= 0.6 is 0 Å². The summed E-state index contributed by atoms with van der Waals surface area (Å²) in [6, 6.07) is 4.06. The Bertz CT molecular complexity index is 477. The summed E-state index contributed by atoms with van der Waals surface area (Å²) >= 11 is 0. The van der Waals surface area contributed by atoms with Crippen LogP contribution in [0.5, 0.6) is 5.75 Å². The molecule has 0 aliphatic rings. The van der Waals surface area contributed by atoms with Crippen LogP contribution < -0.4 is 15.4 Å². The van der Waals surface area contributed by atoms with Crippen LogP contribution in [0.4, 0.5) is 5.69 Å². The van der Waals surface area contributed by atoms with Gasteiger partial charge in [0.25, 0.3) is 5.91 Å². The van der Waals surface area contributed by atoms with Crippen LogP contribution in [0.3, 0.4) is 0 Å². The average molecular weight is 281 g/mol. The fourth-order valence-corrected chi connectivity index (χ4v) is 1.66. The number of nitro groups is 1. The van der Waals surface area contributed by atoms with E-state index < -0.39 is 4.92 Å². The standard InChI is InChI=1S/C13H19N3O4/c1-3-14-7-4-8-15-13(17)10-5-6-11(16(18)19)12(9-10)20-2/h5-6,9,14H,3-4,7-8H2,1-2H3,(H,15,17). The van der Waals surface area contributed by atoms with Gasteiger partial charge in [0, 0.05) is 24.2 Å². The average Bonchev–Trinajstić information content (AvgIpc) is 2.45. The lowest BCUT2D eigenvalue weighted by atomic mass is 10.1. The van der Waals surface area contributed by atoms with Crippen molar-refractivity contribution in [3.05, 3.63) is 33.9 Å². The largest absolute Gasteiger partial charge is 0.490 e. The first-order chi connectivity index (χ1) is 9.60. The number of methoxy groups -OCH3 is 1. The molecule has 0 atom stereocenters. The zero-order valence-electron chi connectivity index (χ0n) is 11.6. The zero-order chi connectivity index (χ0) is 15.0. The topological polar surface area (TPSA) is 93.5 Å². The van der Waals surface area contributed by atoms with Crippen molar-refractivity contribution in [2.45, 2.75) is 13.3 Å². The molecule has 1 amide bonds. The van der Waals surface area contributed by atoms with Crippen LogP contribution in [0.15, 0.2) is 18.2 Å². The minimum absolute atomic E-state index is 0.0790. The first kappa shape index (κ1) is 15.9. The number of hydrogen-bond acceptors (Lipinski definition) is 5. The molecular weight excluding hydrogens is 262 g/mol. The van der Waals surface area contributed by atoms with E-state index in [1.807, 2.05) is 6.92 Å². The van der Waals surface area contributed by atoms with Crippen LogP contribution in [0.25, 0.3) is 0 Å². The van der Waals surface area contributed by atoms with Gasteiger partial charge in [-0.15, -0.1) is 0 Å². The third kappa shape index (κ3) is 4.51. The van der Waals surface area contributed by atoms with Gasteiger partial charge in [0.05, 0.1) is 12.0 Å². The van der Waals surface area contributed by atoms with Gasteiger partial charge in [-0.1, -0.05) is 6.92 Å². The quantitative estimate of drug-likeness (QED) is 0.426. The van der Waals surface area contributed by atoms with Crippen molar-refractivity contribution in [2.75, 3.05) is 26.7 Å². The van der Waals surface area contributed by atoms with E-state index in [-0.39, 0.29) is 17.3 Å². The molecule has 7 heteroatoms. The van der Waals surface area contributed by atoms with Crippen LogP contribution in [0.1, 0.15) is 23.7 Å². The summed E-state index contributed by atoms with van der Waals surface area (Å²) in [4.78, 5) is 22.1. The molecule has 0 aliphatic heterocycles. The number of nitrogens with zero attached hydrogens (tertiary/aromatic N) is 1. The highest BCUT2D eigenvalue weighted by Crippen LogP contribution is 2.27. The van der Waals surface area contributed by atoms with E-state index in [2.05, 4.69) is 10.6 Å². The van der Waals surface area contributed by atoms with E-state index >= 15 is 0 Å². The lowest BCUT2D eigenvalue weighted by Crippen LogP contribution is -2.27. The van der Waals surface area contributed by atoms with E-state index in [0.717, 1.165) is 19.5 Å². The van der Waals surface area contributed by atoms with Crippen molar-refractivity contribution in [1.82, 2.24) is 10.6 Å². The highest BCUT2D eigenvalue weighted by atomic mass is 16.6. The van der Waals surface area contributed by atoms with Crippen LogP contribution in [0, 0.1) is 10.1 Å². The van der Waals surface area contributed by atoms with E-state index in [0.29, 0.717) is 12.1 Å². The predicted molar refractivity (Wildman–Crippen MR) is 75.1 cm³/mol. The number of carbonyl (C=O) groups excluding carboxylic acids is 1. The summed E-state index contributed by atoms with van der Waals surface area (Å²) in [6.45, 7) is 4.29. The van der Waals surface area contributed by atoms with Crippen molar-refractivity contribution in [3.63, 3.8) is 0 Å². The van der Waals surface area contributed by atoms with Gasteiger partial charge in [0.15, 0.2) is 5.75 Å². The lowest BCUT2D eigenvalue weighted by Gasteiger charge is -2.07. The van der Waals surface area contributed by atoms with Gasteiger partial charge in [-0.05, 0) is 25.6 Å². The summed E-state index contributed by atoms with van der Waals surface area (Å²) in [5.74, 6) is -0.190. The highest BCUT2D eigenvalue weighted by molar-refractivity contribution is 5.95. The smallest absolute Gasteiger partial charge is 0.310 e. The summed E-state index contributed by atoms with van der Waals surface area (Å²) in [5, 5.41) is 16.7. The number of nitro benzene ring substituents is 1. The second-order valence-electron chi connectivity index (χ2n) is 4.11. The van der Waals surface area contributed by atoms with Crippen LogP contribution in [0.2, 0.25) is 0 Å². The maximum Gasteiger partial charge on any atom is 0.310 e. The molecule has 1 aromatic carbocycles. The summed E-state index contributed by atoms with van der Waals surface area (Å²) in [6.07, 6.45) is 0.823. The molecule has 0 radical (unpaired) electrons. The molecular formula is C13H19N3O4. The highest BCUT2D eigenvalue weighted by Gasteiger charge is 2.17. The molecule has 0 heterocycles. The Hall–Kier alpha value is -2.15. The number of rotatable bonds is 8. The minimum atomic E-state index is -0.545. The Balaban J connectivity index is 2.62. The molecule has 110 valence electrons. The SMILES string of the molecule is CCNCCCNC(=O)c1ccc([N+](=O)[O-])c(OC)c1. The predicted octanol–water partition coefficient (Wildman–Crippen LogP) is 1.33. The summed E-state index contributed by atoms with van der Waals surface area (Å²) in [7, 11) is 1.33. The van der Waals surface area contributed by atoms with Crippen LogP contribution in [-0.2, 0) is 0 Å². The second-order valence-corrected chi connectivity index (χ2v) is 4.11. The molecule has 7 nitrogen and oxygen atoms in total. The van der Waals surface area contributed by atoms with E-state index in [1.54, 1.807) is 0 Å². The van der Waals surface area contributed by atoms with Gasteiger partial charge < -0.3 is 15.4 Å². The molecule has 2 N–H and O–H groups in total. The number of carbonyl (C=O) groups is 1. The third-order valence-electron chi connectivity index (χ3n) is 2.70. The molecule has 0 bridgehead atoms. The summed E-state index contributed by atoms with van der Waals surface area (Å²) in [5.41, 5.74) is 0.187. The fraction of sp³-hybridized carbons (Fsp3) is 0.462. The van der Waals surface area contributed by atoms with Gasteiger partial charge in [-0.2, -0.15) is 0 Å². The fourth-order valence-electron chi connectivity index (χ4n) is 1.66. The maximum atomic E-state index is 11.9. The number of ether oxygens (including phenoxy) is 1. The Morgan fingerprint density at radius 3 is 2.75 bits per heavy atom. The molecule has 20 heavy (non-hydrogen) atoms. The number of benzene rings is 1. The first-order valence-electron chi connectivity index (χ1n) is 6.41. The third-order valence-corrected chi connectivity index (χ3v) is 2.70. The summed E-state index contributed by atoms with van der Waals surface area (Å²) < 4.78 is 4.92. The molecule has 0 fully saturated rings. The van der Waals surface area contributed by atoms with Gasteiger partial charge in [0.2, 0.25) is 0 Å². The Kier molecular flexibility index (Phi) is 6.45. The van der Waals surface area contributed by atoms with Crippen molar-refractivity contribution >= 4 is 11.6 Å². The molecule has 0 saturated carbocycles. The van der Waals surface area contributed by atoms with Gasteiger partial charge in [-0.25, -0.2) is 0 Å². The maximum absolute atomic E-state index is 11.9. The van der Waals surface area contributed by atoms with Gasteiger partial charge in [0.1, 0.15) is 0 Å². The molecule has 0 spiro atoms. The lowest BCUT2D eigenvalue weighted by molar-refractivity contribution is -0.385. The normalized spacial score (nSPS) is 10.1. The van der Waals surface area contributed by atoms with Crippen LogP contribution in [-0.4, -0.2) is 37.6 Å². The number of nitrogens with one attached hydrogen (secondary N) is 2. The Morgan fingerprint density at radius 2 is 2.15 bits per heavy atom. The van der Waals surface area contributed by atoms with Crippen molar-refractivity contribution in [1.29, 1.82) is 0 Å². The van der Waals surface area contributed by atoms with E-state index in [1.165, 1.54) is 25.3 Å². The molecule has 0 aliphatic carbocycles. The van der Waals surface area contributed by atoms with Gasteiger partial charge in [-0.3, -0.25) is 14.9 Å². The Labute approximate surface area is 117 Å². The van der Waals surface area contributed by atoms with E-state index in [4.69, 9.17) is 4.74 Å². The first-order valence-corrected chi connectivity index (χ1v) is 6.41. The molecule has 0 unspecified atom stereocenters. The van der Waals surface area contributed by atoms with Crippen molar-refractivity contribution < 1.29 is 14.5 Å². The Morgan fingerprint density at radius 1 is 1.40 bits per heavy atom. The molecule has 0 aromatic heterocycles. The number of hydrogen-bond donors (Lipinski definition) is 2. The molecule has 1 aromatic rings.